The number of halogens is 1. The van der Waals surface area contributed by atoms with Gasteiger partial charge in [0, 0.05) is 12.6 Å². The number of rotatable bonds is 6. The van der Waals surface area contributed by atoms with E-state index in [2.05, 4.69) is 10.3 Å². The SMILES string of the molecule is CNCc1nc(OCCC2CC2)ccc1Cl. The lowest BCUT2D eigenvalue weighted by Crippen LogP contribution is -2.09. The first kappa shape index (κ1) is 11.7. The molecule has 1 aromatic rings. The van der Waals surface area contributed by atoms with Gasteiger partial charge in [-0.05, 0) is 25.5 Å². The maximum absolute atomic E-state index is 6.01. The Morgan fingerprint density at radius 3 is 3.00 bits per heavy atom. The topological polar surface area (TPSA) is 34.2 Å². The molecule has 1 saturated carbocycles. The second-order valence-corrected chi connectivity index (χ2v) is 4.60. The molecule has 2 rings (SSSR count). The Hall–Kier alpha value is -0.800. The molecule has 0 aliphatic heterocycles. The molecule has 0 aromatic carbocycles. The summed E-state index contributed by atoms with van der Waals surface area (Å²) in [5.74, 6) is 1.57. The van der Waals surface area contributed by atoms with Crippen LogP contribution in [-0.4, -0.2) is 18.6 Å². The average Bonchev–Trinajstić information content (AvgIpc) is 3.07. The molecule has 3 nitrogen and oxygen atoms in total. The minimum Gasteiger partial charge on any atom is -0.478 e. The number of hydrogen-bond acceptors (Lipinski definition) is 3. The summed E-state index contributed by atoms with van der Waals surface area (Å²) in [5.41, 5.74) is 0.841. The van der Waals surface area contributed by atoms with Crippen molar-refractivity contribution < 1.29 is 4.74 Å². The summed E-state index contributed by atoms with van der Waals surface area (Å²) in [4.78, 5) is 4.36. The minimum atomic E-state index is 0.665. The van der Waals surface area contributed by atoms with Crippen LogP contribution in [0.25, 0.3) is 0 Å². The first-order valence-corrected chi connectivity index (χ1v) is 6.10. The molecule has 1 heterocycles. The number of ether oxygens (including phenoxy) is 1. The highest BCUT2D eigenvalue weighted by Crippen LogP contribution is 2.32. The molecule has 16 heavy (non-hydrogen) atoms. The highest BCUT2D eigenvalue weighted by atomic mass is 35.5. The first-order chi connectivity index (χ1) is 7.79. The van der Waals surface area contributed by atoms with Crippen molar-refractivity contribution in [2.45, 2.75) is 25.8 Å². The van der Waals surface area contributed by atoms with Crippen molar-refractivity contribution in [1.82, 2.24) is 10.3 Å². The normalized spacial score (nSPS) is 15.1. The number of aromatic nitrogens is 1. The fourth-order valence-electron chi connectivity index (χ4n) is 1.57. The summed E-state index contributed by atoms with van der Waals surface area (Å²) >= 11 is 6.01. The largest absolute Gasteiger partial charge is 0.478 e. The molecule has 4 heteroatoms. The summed E-state index contributed by atoms with van der Waals surface area (Å²) in [7, 11) is 1.87. The summed E-state index contributed by atoms with van der Waals surface area (Å²) in [6.07, 6.45) is 3.87. The van der Waals surface area contributed by atoms with Gasteiger partial charge in [-0.15, -0.1) is 0 Å². The molecule has 0 amide bonds. The zero-order valence-electron chi connectivity index (χ0n) is 9.50. The minimum absolute atomic E-state index is 0.665. The maximum atomic E-state index is 6.01. The van der Waals surface area contributed by atoms with E-state index in [4.69, 9.17) is 16.3 Å². The number of pyridine rings is 1. The van der Waals surface area contributed by atoms with E-state index < -0.39 is 0 Å². The monoisotopic (exact) mass is 240 g/mol. The number of nitrogens with one attached hydrogen (secondary N) is 1. The molecule has 1 aliphatic carbocycles. The van der Waals surface area contributed by atoms with Gasteiger partial charge in [-0.25, -0.2) is 4.98 Å². The Labute approximate surface area is 101 Å². The van der Waals surface area contributed by atoms with Crippen molar-refractivity contribution in [2.24, 2.45) is 5.92 Å². The third-order valence-electron chi connectivity index (χ3n) is 2.71. The molecular formula is C12H17ClN2O. The predicted molar refractivity (Wildman–Crippen MR) is 64.8 cm³/mol. The van der Waals surface area contributed by atoms with Crippen LogP contribution in [0.2, 0.25) is 5.02 Å². The highest BCUT2D eigenvalue weighted by Gasteiger charge is 2.20. The Kier molecular flexibility index (Phi) is 4.02. The van der Waals surface area contributed by atoms with Crippen LogP contribution in [0.3, 0.4) is 0 Å². The van der Waals surface area contributed by atoms with Crippen LogP contribution in [0.5, 0.6) is 5.88 Å². The zero-order chi connectivity index (χ0) is 11.4. The summed E-state index contributed by atoms with van der Waals surface area (Å²) in [5, 5.41) is 3.72. The van der Waals surface area contributed by atoms with E-state index in [-0.39, 0.29) is 0 Å². The molecule has 88 valence electrons. The Bertz CT molecular complexity index is 353. The first-order valence-electron chi connectivity index (χ1n) is 5.72. The maximum Gasteiger partial charge on any atom is 0.213 e. The van der Waals surface area contributed by atoms with Gasteiger partial charge in [-0.2, -0.15) is 0 Å². The molecule has 0 bridgehead atoms. The van der Waals surface area contributed by atoms with E-state index in [0.717, 1.165) is 24.6 Å². The van der Waals surface area contributed by atoms with Crippen molar-refractivity contribution >= 4 is 11.6 Å². The van der Waals surface area contributed by atoms with Crippen LogP contribution in [0, 0.1) is 5.92 Å². The van der Waals surface area contributed by atoms with Crippen molar-refractivity contribution in [2.75, 3.05) is 13.7 Å². The lowest BCUT2D eigenvalue weighted by atomic mass is 10.3. The second-order valence-electron chi connectivity index (χ2n) is 4.19. The summed E-state index contributed by atoms with van der Waals surface area (Å²) in [6, 6.07) is 3.67. The van der Waals surface area contributed by atoms with E-state index >= 15 is 0 Å². The van der Waals surface area contributed by atoms with Gasteiger partial charge in [-0.3, -0.25) is 0 Å². The van der Waals surface area contributed by atoms with E-state index in [0.29, 0.717) is 17.4 Å². The molecule has 0 saturated heterocycles. The van der Waals surface area contributed by atoms with E-state index in [9.17, 15) is 0 Å². The number of hydrogen-bond donors (Lipinski definition) is 1. The third-order valence-corrected chi connectivity index (χ3v) is 3.05. The van der Waals surface area contributed by atoms with Crippen molar-refractivity contribution in [1.29, 1.82) is 0 Å². The fourth-order valence-corrected chi connectivity index (χ4v) is 1.74. The molecule has 0 atom stereocenters. The quantitative estimate of drug-likeness (QED) is 0.830. The van der Waals surface area contributed by atoms with E-state index in [1.165, 1.54) is 12.8 Å². The van der Waals surface area contributed by atoms with Gasteiger partial charge in [0.15, 0.2) is 0 Å². The molecule has 1 N–H and O–H groups in total. The van der Waals surface area contributed by atoms with Crippen molar-refractivity contribution in [3.8, 4) is 5.88 Å². The van der Waals surface area contributed by atoms with Gasteiger partial charge < -0.3 is 10.1 Å². The van der Waals surface area contributed by atoms with Gasteiger partial charge in [-0.1, -0.05) is 24.4 Å². The van der Waals surface area contributed by atoms with Gasteiger partial charge in [0.05, 0.1) is 17.3 Å². The Balaban J connectivity index is 1.89. The van der Waals surface area contributed by atoms with Crippen LogP contribution in [-0.2, 0) is 6.54 Å². The lowest BCUT2D eigenvalue weighted by molar-refractivity contribution is 0.290. The average molecular weight is 241 g/mol. The van der Waals surface area contributed by atoms with Crippen LogP contribution in [0.1, 0.15) is 25.0 Å². The fraction of sp³-hybridized carbons (Fsp3) is 0.583. The van der Waals surface area contributed by atoms with Crippen LogP contribution in [0.4, 0.5) is 0 Å². The zero-order valence-corrected chi connectivity index (χ0v) is 10.3. The molecule has 1 aliphatic rings. The summed E-state index contributed by atoms with van der Waals surface area (Å²) < 4.78 is 5.60. The van der Waals surface area contributed by atoms with Crippen molar-refractivity contribution in [3.63, 3.8) is 0 Å². The molecule has 0 radical (unpaired) electrons. The lowest BCUT2D eigenvalue weighted by Gasteiger charge is -2.07. The Morgan fingerprint density at radius 2 is 2.31 bits per heavy atom. The van der Waals surface area contributed by atoms with Gasteiger partial charge in [0.2, 0.25) is 5.88 Å². The predicted octanol–water partition coefficient (Wildman–Crippen LogP) is 2.63. The molecule has 1 aromatic heterocycles. The van der Waals surface area contributed by atoms with Gasteiger partial charge in [0.25, 0.3) is 0 Å². The van der Waals surface area contributed by atoms with Gasteiger partial charge in [0.1, 0.15) is 0 Å². The van der Waals surface area contributed by atoms with E-state index in [1.54, 1.807) is 0 Å². The van der Waals surface area contributed by atoms with E-state index in [1.807, 2.05) is 19.2 Å². The van der Waals surface area contributed by atoms with Crippen molar-refractivity contribution in [3.05, 3.63) is 22.8 Å². The molecule has 0 unspecified atom stereocenters. The second kappa shape index (κ2) is 5.51. The highest BCUT2D eigenvalue weighted by molar-refractivity contribution is 6.31. The third kappa shape index (κ3) is 3.35. The summed E-state index contributed by atoms with van der Waals surface area (Å²) in [6.45, 7) is 1.43. The van der Waals surface area contributed by atoms with Gasteiger partial charge >= 0.3 is 0 Å². The number of nitrogens with zero attached hydrogens (tertiary/aromatic N) is 1. The molecular weight excluding hydrogens is 224 g/mol. The molecule has 1 fully saturated rings. The smallest absolute Gasteiger partial charge is 0.213 e. The van der Waals surface area contributed by atoms with Crippen LogP contribution >= 0.6 is 11.6 Å². The molecule has 0 spiro atoms. The van der Waals surface area contributed by atoms with Crippen LogP contribution < -0.4 is 10.1 Å². The Morgan fingerprint density at radius 1 is 1.50 bits per heavy atom. The standard InChI is InChI=1S/C12H17ClN2O/c1-14-8-11-10(13)4-5-12(15-11)16-7-6-9-2-3-9/h4-5,9,14H,2-3,6-8H2,1H3. The van der Waals surface area contributed by atoms with Crippen LogP contribution in [0.15, 0.2) is 12.1 Å².